The van der Waals surface area contributed by atoms with Gasteiger partial charge in [0.1, 0.15) is 5.75 Å². The number of aliphatic hydroxyl groups excluding tert-OH is 1. The fourth-order valence-electron chi connectivity index (χ4n) is 8.78. The van der Waals surface area contributed by atoms with Crippen molar-refractivity contribution in [3.63, 3.8) is 0 Å². The molecule has 2 fully saturated rings. The summed E-state index contributed by atoms with van der Waals surface area (Å²) < 4.78 is 0. The molecule has 1 heterocycles. The monoisotopic (exact) mass is 811 g/mol. The molecule has 1 aromatic heterocycles. The van der Waals surface area contributed by atoms with E-state index >= 15 is 0 Å². The molecule has 2 aromatic rings. The Morgan fingerprint density at radius 1 is 0.953 bits per heavy atom. The molecule has 0 aliphatic heterocycles. The molecule has 5 rings (SSSR count). The Hall–Kier alpha value is -0.642. The molecule has 0 saturated heterocycles. The summed E-state index contributed by atoms with van der Waals surface area (Å²) in [5.41, 5.74) is 4.13. The number of rotatable bonds is 15. The van der Waals surface area contributed by atoms with Gasteiger partial charge in [-0.3, -0.25) is 4.98 Å². The maximum atomic E-state index is 11.5. The minimum atomic E-state index is -0.472. The van der Waals surface area contributed by atoms with Crippen LogP contribution in [-0.4, -0.2) is 34.4 Å². The first-order chi connectivity index (χ1) is 21.0. The quantitative estimate of drug-likeness (QED) is 0.157. The van der Waals surface area contributed by atoms with Crippen LogP contribution in [0.5, 0.6) is 5.75 Å². The zero-order valence-electron chi connectivity index (χ0n) is 26.1. The van der Waals surface area contributed by atoms with Crippen LogP contribution in [-0.2, 0) is 29.3 Å². The van der Waals surface area contributed by atoms with Crippen LogP contribution in [0.1, 0.15) is 120 Å². The van der Waals surface area contributed by atoms with Gasteiger partial charge in [0.05, 0.1) is 6.10 Å². The Morgan fingerprint density at radius 3 is 2.40 bits per heavy atom. The second-order valence-electron chi connectivity index (χ2n) is 13.6. The topological polar surface area (TPSA) is 65.4 Å². The van der Waals surface area contributed by atoms with Crippen molar-refractivity contribution in [1.29, 1.82) is 0 Å². The summed E-state index contributed by atoms with van der Waals surface area (Å²) in [7, 11) is 9.75. The molecular weight excluding hydrogens is 758 g/mol. The zero-order chi connectivity index (χ0) is 30.5. The van der Waals surface area contributed by atoms with Crippen molar-refractivity contribution in [3.8, 4) is 5.75 Å². The van der Waals surface area contributed by atoms with Crippen LogP contribution in [0.2, 0.25) is 0 Å². The van der Waals surface area contributed by atoms with Gasteiger partial charge in [-0.1, -0.05) is 70.4 Å². The average molecular weight is 813 g/mol. The summed E-state index contributed by atoms with van der Waals surface area (Å²) >= 11 is -0.472. The van der Waals surface area contributed by atoms with Crippen molar-refractivity contribution < 1.29 is 26.7 Å². The van der Waals surface area contributed by atoms with Crippen molar-refractivity contribution in [1.82, 2.24) is 10.3 Å². The number of hydrogen-bond acceptors (Lipinski definition) is 4. The van der Waals surface area contributed by atoms with Crippen LogP contribution in [0.4, 0.5) is 0 Å². The number of phenolic OH excluding ortho intramolecular Hbond substituents is 1. The van der Waals surface area contributed by atoms with Crippen molar-refractivity contribution in [3.05, 3.63) is 59.4 Å². The average Bonchev–Trinajstić information content (AvgIpc) is 3.27. The molecule has 43 heavy (non-hydrogen) atoms. The van der Waals surface area contributed by atoms with Crippen LogP contribution >= 0.6 is 18.8 Å². The summed E-state index contributed by atoms with van der Waals surface area (Å²) in [6, 6.07) is 12.2. The van der Waals surface area contributed by atoms with E-state index in [1.165, 1.54) is 100 Å². The van der Waals surface area contributed by atoms with Crippen LogP contribution in [0.15, 0.2) is 42.6 Å². The first-order valence-electron chi connectivity index (χ1n) is 16.9. The number of benzene rings is 1. The van der Waals surface area contributed by atoms with Crippen molar-refractivity contribution in [2.24, 2.45) is 23.2 Å². The number of halogens is 2. The van der Waals surface area contributed by atoms with E-state index in [9.17, 15) is 10.2 Å². The summed E-state index contributed by atoms with van der Waals surface area (Å²) in [6.45, 7) is 4.55. The standard InChI is InChI=1S/C36H54N2O2.2ClH.Pt/c1-36-21-19-32-31-18-16-30(39)25-27(31)15-17-33(32)34(36)26-28(35(36)40)13-9-7-5-3-2-4-6-8-11-22-37-24-20-29-14-10-12-23-38-29;;;/h10,12,14,16,18,23,25,28,32-35,37,39-40H,2-9,11,13,15,17,19-22,24,26H2,1H3;2*1H;/q;;;+2/p-2/t28-,32?,33?,34?,35-,36-;;;/m0.../s1. The Balaban J connectivity index is 0.00000135. The van der Waals surface area contributed by atoms with Gasteiger partial charge in [0.25, 0.3) is 0 Å². The number of aromatic hydroxyl groups is 1. The van der Waals surface area contributed by atoms with Gasteiger partial charge in [0.2, 0.25) is 0 Å². The fourth-order valence-corrected chi connectivity index (χ4v) is 8.78. The Bertz CT molecular complexity index is 1080. The van der Waals surface area contributed by atoms with E-state index in [-0.39, 0.29) is 11.5 Å². The van der Waals surface area contributed by atoms with Gasteiger partial charge in [0, 0.05) is 24.9 Å². The third kappa shape index (κ3) is 9.92. The number of nitrogens with zero attached hydrogens (tertiary/aromatic N) is 1. The van der Waals surface area contributed by atoms with E-state index in [1.807, 2.05) is 24.4 Å². The molecule has 0 bridgehead atoms. The number of aryl methyl sites for hydroxylation is 1. The van der Waals surface area contributed by atoms with E-state index in [0.29, 0.717) is 29.4 Å². The molecule has 0 spiro atoms. The molecular formula is C36H54Cl2N2O2Pt. The second kappa shape index (κ2) is 18.5. The summed E-state index contributed by atoms with van der Waals surface area (Å²) in [5, 5.41) is 25.0. The predicted octanol–water partition coefficient (Wildman–Crippen LogP) is 9.34. The number of fused-ring (bicyclic) bond motifs is 5. The van der Waals surface area contributed by atoms with Crippen molar-refractivity contribution in [2.45, 2.75) is 122 Å². The summed E-state index contributed by atoms with van der Waals surface area (Å²) in [4.78, 5) is 4.38. The first-order valence-corrected chi connectivity index (χ1v) is 22.5. The molecule has 0 radical (unpaired) electrons. The van der Waals surface area contributed by atoms with Gasteiger partial charge in [-0.2, -0.15) is 0 Å². The van der Waals surface area contributed by atoms with E-state index in [2.05, 4.69) is 35.4 Å². The Morgan fingerprint density at radius 2 is 1.67 bits per heavy atom. The molecule has 2 saturated carbocycles. The predicted molar refractivity (Wildman–Crippen MR) is 176 cm³/mol. The van der Waals surface area contributed by atoms with Gasteiger partial charge in [-0.25, -0.2) is 0 Å². The number of aromatic nitrogens is 1. The molecule has 4 nitrogen and oxygen atoms in total. The number of phenols is 1. The first kappa shape index (κ1) is 35.2. The zero-order valence-corrected chi connectivity index (χ0v) is 29.9. The molecule has 6 atom stereocenters. The van der Waals surface area contributed by atoms with Crippen LogP contribution in [0, 0.1) is 23.2 Å². The van der Waals surface area contributed by atoms with Crippen LogP contribution < -0.4 is 5.32 Å². The number of aliphatic hydroxyl groups is 1. The third-order valence-electron chi connectivity index (χ3n) is 11.0. The van der Waals surface area contributed by atoms with Gasteiger partial charge in [-0.15, -0.1) is 0 Å². The Kier molecular flexibility index (Phi) is 15.1. The number of pyridine rings is 1. The minimum absolute atomic E-state index is 0.106. The number of nitrogens with one attached hydrogen (secondary N) is 1. The van der Waals surface area contributed by atoms with Gasteiger partial charge in [-0.05, 0) is 116 Å². The van der Waals surface area contributed by atoms with Crippen LogP contribution in [0.25, 0.3) is 0 Å². The van der Waals surface area contributed by atoms with E-state index in [4.69, 9.17) is 18.8 Å². The maximum absolute atomic E-state index is 11.5. The molecule has 1 aromatic carbocycles. The molecule has 3 aliphatic rings. The molecule has 3 unspecified atom stereocenters. The van der Waals surface area contributed by atoms with E-state index in [0.717, 1.165) is 32.4 Å². The second-order valence-corrected chi connectivity index (χ2v) is 16.9. The fraction of sp³-hybridized carbons (Fsp3) is 0.694. The van der Waals surface area contributed by atoms with Crippen molar-refractivity contribution >= 4 is 18.8 Å². The Labute approximate surface area is 277 Å². The summed E-state index contributed by atoms with van der Waals surface area (Å²) in [6.07, 6.45) is 21.9. The normalized spacial score (nSPS) is 27.6. The molecule has 0 amide bonds. The SMILES string of the molecule is C[C@]12CCC3c4ccc(O)cc4CCC3C1C[C@H](CCCCCCCCCCCNCCc1ccccn1)[C@@H]2O.[Cl][Pt][Cl]. The van der Waals surface area contributed by atoms with Gasteiger partial charge < -0.3 is 15.5 Å². The summed E-state index contributed by atoms with van der Waals surface area (Å²) in [5.74, 6) is 2.89. The van der Waals surface area contributed by atoms with Crippen LogP contribution in [0.3, 0.4) is 0 Å². The molecule has 244 valence electrons. The van der Waals surface area contributed by atoms with Crippen molar-refractivity contribution in [2.75, 3.05) is 13.1 Å². The van der Waals surface area contributed by atoms with E-state index < -0.39 is 16.5 Å². The van der Waals surface area contributed by atoms with Gasteiger partial charge >= 0.3 is 35.3 Å². The molecule has 3 aliphatic carbocycles. The number of unbranched alkanes of at least 4 members (excludes halogenated alkanes) is 8. The van der Waals surface area contributed by atoms with Gasteiger partial charge in [0.15, 0.2) is 0 Å². The molecule has 7 heteroatoms. The number of hydrogen-bond donors (Lipinski definition) is 3. The molecule has 3 N–H and O–H groups in total. The third-order valence-corrected chi connectivity index (χ3v) is 11.0. The van der Waals surface area contributed by atoms with E-state index in [1.54, 1.807) is 0 Å².